The topological polar surface area (TPSA) is 125 Å². The smallest absolute Gasteiger partial charge is 0.326 e. The number of hydrogen-bond acceptors (Lipinski definition) is 8. The molecule has 0 aliphatic carbocycles. The highest BCUT2D eigenvalue weighted by Crippen LogP contribution is 2.34. The van der Waals surface area contributed by atoms with E-state index in [4.69, 9.17) is 9.47 Å². The maximum absolute atomic E-state index is 13.3. The van der Waals surface area contributed by atoms with Gasteiger partial charge in [0.15, 0.2) is 11.5 Å². The van der Waals surface area contributed by atoms with Gasteiger partial charge >= 0.3 is 5.97 Å². The lowest BCUT2D eigenvalue weighted by molar-refractivity contribution is -0.384. The lowest BCUT2D eigenvalue weighted by Crippen LogP contribution is -2.36. The van der Waals surface area contributed by atoms with Crippen LogP contribution in [0.15, 0.2) is 41.3 Å². The second-order valence-electron chi connectivity index (χ2n) is 5.83. The minimum absolute atomic E-state index is 0.0145. The number of benzene rings is 2. The van der Waals surface area contributed by atoms with Crippen LogP contribution in [0.4, 0.5) is 11.4 Å². The van der Waals surface area contributed by atoms with Crippen molar-refractivity contribution in [1.82, 2.24) is 0 Å². The standard InChI is InChI=1S/C18H20N2O8S/c1-12-5-6-13(20(22)23)9-15(12)19(11-18(21)28-4)29(24,25)14-7-8-16(26-2)17(10-14)27-3/h5-10H,11H2,1-4H3. The largest absolute Gasteiger partial charge is 0.493 e. The number of esters is 1. The van der Waals surface area contributed by atoms with Gasteiger partial charge in [0.1, 0.15) is 6.54 Å². The number of carbonyl (C=O) groups is 1. The Balaban J connectivity index is 2.68. The van der Waals surface area contributed by atoms with E-state index in [0.717, 1.165) is 17.5 Å². The van der Waals surface area contributed by atoms with Gasteiger partial charge in [-0.05, 0) is 24.6 Å². The Bertz CT molecular complexity index is 1040. The number of nitro groups is 1. The maximum Gasteiger partial charge on any atom is 0.326 e. The van der Waals surface area contributed by atoms with Crippen molar-refractivity contribution in [2.75, 3.05) is 32.2 Å². The number of non-ortho nitro benzene ring substituents is 1. The molecule has 10 nitrogen and oxygen atoms in total. The summed E-state index contributed by atoms with van der Waals surface area (Å²) < 4.78 is 42.3. The molecule has 2 rings (SSSR count). The fourth-order valence-corrected chi connectivity index (χ4v) is 4.05. The van der Waals surface area contributed by atoms with Crippen LogP contribution in [0.5, 0.6) is 11.5 Å². The first-order chi connectivity index (χ1) is 13.6. The fraction of sp³-hybridized carbons (Fsp3) is 0.278. The molecule has 2 aromatic carbocycles. The summed E-state index contributed by atoms with van der Waals surface area (Å²) in [5.74, 6) is -0.347. The molecular weight excluding hydrogens is 404 g/mol. The van der Waals surface area contributed by atoms with Crippen LogP contribution in [0.2, 0.25) is 0 Å². The van der Waals surface area contributed by atoms with Gasteiger partial charge in [-0.25, -0.2) is 8.42 Å². The van der Waals surface area contributed by atoms with E-state index in [-0.39, 0.29) is 22.0 Å². The average molecular weight is 424 g/mol. The van der Waals surface area contributed by atoms with Crippen molar-refractivity contribution in [2.24, 2.45) is 0 Å². The summed E-state index contributed by atoms with van der Waals surface area (Å²) in [6.07, 6.45) is 0. The van der Waals surface area contributed by atoms with E-state index in [1.165, 1.54) is 44.6 Å². The monoisotopic (exact) mass is 424 g/mol. The number of carbonyl (C=O) groups excluding carboxylic acids is 1. The van der Waals surface area contributed by atoms with Crippen LogP contribution < -0.4 is 13.8 Å². The molecular formula is C18H20N2O8S. The van der Waals surface area contributed by atoms with Gasteiger partial charge in [0, 0.05) is 18.2 Å². The van der Waals surface area contributed by atoms with Gasteiger partial charge in [-0.3, -0.25) is 19.2 Å². The zero-order valence-electron chi connectivity index (χ0n) is 16.2. The van der Waals surface area contributed by atoms with E-state index in [2.05, 4.69) is 4.74 Å². The molecule has 0 aliphatic rings. The Morgan fingerprint density at radius 3 is 2.28 bits per heavy atom. The minimum atomic E-state index is -4.31. The summed E-state index contributed by atoms with van der Waals surface area (Å²) >= 11 is 0. The predicted molar refractivity (Wildman–Crippen MR) is 104 cm³/mol. The van der Waals surface area contributed by atoms with E-state index in [9.17, 15) is 23.3 Å². The SMILES string of the molecule is COC(=O)CN(c1cc([N+](=O)[O-])ccc1C)S(=O)(=O)c1ccc(OC)c(OC)c1. The molecule has 29 heavy (non-hydrogen) atoms. The molecule has 0 unspecified atom stereocenters. The number of sulfonamides is 1. The first-order valence-electron chi connectivity index (χ1n) is 8.22. The van der Waals surface area contributed by atoms with Crippen molar-refractivity contribution >= 4 is 27.4 Å². The van der Waals surface area contributed by atoms with Crippen molar-refractivity contribution < 1.29 is 32.3 Å². The van der Waals surface area contributed by atoms with Gasteiger partial charge in [-0.2, -0.15) is 0 Å². The highest BCUT2D eigenvalue weighted by Gasteiger charge is 2.30. The number of hydrogen-bond donors (Lipinski definition) is 0. The summed E-state index contributed by atoms with van der Waals surface area (Å²) in [6, 6.07) is 7.68. The number of aryl methyl sites for hydroxylation is 1. The Hall–Kier alpha value is -3.34. The Morgan fingerprint density at radius 2 is 1.72 bits per heavy atom. The molecule has 0 heterocycles. The van der Waals surface area contributed by atoms with E-state index < -0.39 is 27.5 Å². The van der Waals surface area contributed by atoms with Crippen LogP contribution in [0.3, 0.4) is 0 Å². The van der Waals surface area contributed by atoms with Gasteiger partial charge in [0.2, 0.25) is 0 Å². The van der Waals surface area contributed by atoms with Gasteiger partial charge in [0.25, 0.3) is 15.7 Å². The van der Waals surface area contributed by atoms with Crippen LogP contribution >= 0.6 is 0 Å². The Kier molecular flexibility index (Phi) is 6.64. The van der Waals surface area contributed by atoms with Crippen molar-refractivity contribution in [3.63, 3.8) is 0 Å². The fourth-order valence-electron chi connectivity index (χ4n) is 2.57. The summed E-state index contributed by atoms with van der Waals surface area (Å²) in [5.41, 5.74) is 0.0888. The zero-order valence-corrected chi connectivity index (χ0v) is 17.1. The number of anilines is 1. The number of ether oxygens (including phenoxy) is 3. The minimum Gasteiger partial charge on any atom is -0.493 e. The number of nitro benzene ring substituents is 1. The second kappa shape index (κ2) is 8.78. The van der Waals surface area contributed by atoms with Crippen molar-refractivity contribution in [3.05, 3.63) is 52.1 Å². The molecule has 0 fully saturated rings. The molecule has 0 saturated heterocycles. The third-order valence-electron chi connectivity index (χ3n) is 4.12. The molecule has 156 valence electrons. The van der Waals surface area contributed by atoms with E-state index in [1.54, 1.807) is 6.92 Å². The van der Waals surface area contributed by atoms with Crippen molar-refractivity contribution in [3.8, 4) is 11.5 Å². The normalized spacial score (nSPS) is 10.9. The molecule has 0 saturated carbocycles. The van der Waals surface area contributed by atoms with Crippen LogP contribution in [0.25, 0.3) is 0 Å². The van der Waals surface area contributed by atoms with Gasteiger partial charge in [-0.15, -0.1) is 0 Å². The molecule has 0 amide bonds. The van der Waals surface area contributed by atoms with Gasteiger partial charge in [0.05, 0.1) is 36.8 Å². The quantitative estimate of drug-likeness (QED) is 0.359. The molecule has 2 aromatic rings. The van der Waals surface area contributed by atoms with E-state index in [1.807, 2.05) is 0 Å². The van der Waals surface area contributed by atoms with Gasteiger partial charge in [-0.1, -0.05) is 6.07 Å². The summed E-state index contributed by atoms with van der Waals surface area (Å²) in [5, 5.41) is 11.2. The van der Waals surface area contributed by atoms with E-state index in [0.29, 0.717) is 11.3 Å². The second-order valence-corrected chi connectivity index (χ2v) is 7.69. The molecule has 0 aliphatic heterocycles. The maximum atomic E-state index is 13.3. The summed E-state index contributed by atoms with van der Waals surface area (Å²) in [6.45, 7) is 0.905. The lowest BCUT2D eigenvalue weighted by atomic mass is 10.2. The van der Waals surface area contributed by atoms with Crippen LogP contribution in [-0.4, -0.2) is 47.2 Å². The summed E-state index contributed by atoms with van der Waals surface area (Å²) in [7, 11) is -0.435. The average Bonchev–Trinajstić information content (AvgIpc) is 2.71. The Labute approximate surface area is 167 Å². The van der Waals surface area contributed by atoms with E-state index >= 15 is 0 Å². The third-order valence-corrected chi connectivity index (χ3v) is 5.87. The molecule has 0 atom stereocenters. The van der Waals surface area contributed by atoms with Gasteiger partial charge < -0.3 is 14.2 Å². The van der Waals surface area contributed by atoms with Crippen LogP contribution in [-0.2, 0) is 19.6 Å². The van der Waals surface area contributed by atoms with Crippen LogP contribution in [0, 0.1) is 17.0 Å². The van der Waals surface area contributed by atoms with Crippen molar-refractivity contribution in [2.45, 2.75) is 11.8 Å². The van der Waals surface area contributed by atoms with Crippen LogP contribution in [0.1, 0.15) is 5.56 Å². The first-order valence-corrected chi connectivity index (χ1v) is 9.66. The third kappa shape index (κ3) is 4.57. The molecule has 11 heteroatoms. The molecule has 0 bridgehead atoms. The highest BCUT2D eigenvalue weighted by atomic mass is 32.2. The zero-order chi connectivity index (χ0) is 21.8. The molecule has 0 spiro atoms. The molecule has 0 radical (unpaired) electrons. The highest BCUT2D eigenvalue weighted by molar-refractivity contribution is 7.92. The lowest BCUT2D eigenvalue weighted by Gasteiger charge is -2.25. The molecule has 0 N–H and O–H groups in total. The number of nitrogens with zero attached hydrogens (tertiary/aromatic N) is 2. The molecule has 0 aromatic heterocycles. The number of methoxy groups -OCH3 is 3. The number of rotatable bonds is 8. The Morgan fingerprint density at radius 1 is 1.07 bits per heavy atom. The summed E-state index contributed by atoms with van der Waals surface area (Å²) in [4.78, 5) is 22.2. The first kappa shape index (κ1) is 22.0. The van der Waals surface area contributed by atoms with Crippen molar-refractivity contribution in [1.29, 1.82) is 0 Å². The predicted octanol–water partition coefficient (Wildman–Crippen LogP) is 2.29.